The van der Waals surface area contributed by atoms with Gasteiger partial charge in [0.05, 0.1) is 24.7 Å². The molecule has 7 nitrogen and oxygen atoms in total. The minimum absolute atomic E-state index is 0.324. The molecule has 0 saturated heterocycles. The maximum atomic E-state index is 12.3. The van der Waals surface area contributed by atoms with Gasteiger partial charge in [-0.25, -0.2) is 14.8 Å². The number of aryl methyl sites for hydroxylation is 1. The summed E-state index contributed by atoms with van der Waals surface area (Å²) in [6.45, 7) is 8.55. The predicted octanol–water partition coefficient (Wildman–Crippen LogP) is 3.89. The lowest BCUT2D eigenvalue weighted by Gasteiger charge is -2.30. The van der Waals surface area contributed by atoms with Crippen molar-refractivity contribution in [3.8, 4) is 6.07 Å². The third-order valence-electron chi connectivity index (χ3n) is 4.47. The number of aromatic nitrogens is 2. The van der Waals surface area contributed by atoms with Gasteiger partial charge in [-0.15, -0.1) is 0 Å². The number of anilines is 2. The first-order chi connectivity index (χ1) is 13.2. The molecule has 0 unspecified atom stereocenters. The molecule has 0 atom stereocenters. The van der Waals surface area contributed by atoms with E-state index in [0.717, 1.165) is 28.1 Å². The van der Waals surface area contributed by atoms with E-state index in [9.17, 15) is 4.79 Å². The van der Waals surface area contributed by atoms with Gasteiger partial charge in [0.1, 0.15) is 5.60 Å². The summed E-state index contributed by atoms with van der Waals surface area (Å²) in [7, 11) is 0. The molecule has 7 heteroatoms. The smallest absolute Gasteiger partial charge is 0.410 e. The summed E-state index contributed by atoms with van der Waals surface area (Å²) in [5, 5.41) is 12.1. The zero-order valence-corrected chi connectivity index (χ0v) is 16.7. The van der Waals surface area contributed by atoms with Gasteiger partial charge in [-0.05, 0) is 62.9 Å². The molecule has 1 aromatic carbocycles. The van der Waals surface area contributed by atoms with Crippen molar-refractivity contribution in [1.82, 2.24) is 14.9 Å². The molecule has 3 rings (SSSR count). The number of benzene rings is 1. The number of hydrogen-bond donors (Lipinski definition) is 1. The molecule has 1 N–H and O–H groups in total. The number of ether oxygens (including phenoxy) is 1. The highest BCUT2D eigenvalue weighted by atomic mass is 16.6. The van der Waals surface area contributed by atoms with Crippen LogP contribution in [0.5, 0.6) is 0 Å². The topological polar surface area (TPSA) is 91.1 Å². The molecular formula is C21H25N5O2. The van der Waals surface area contributed by atoms with Crippen LogP contribution in [-0.4, -0.2) is 33.1 Å². The van der Waals surface area contributed by atoms with Gasteiger partial charge in [-0.2, -0.15) is 5.26 Å². The first-order valence-electron chi connectivity index (χ1n) is 9.31. The average molecular weight is 379 g/mol. The normalized spacial score (nSPS) is 13.5. The van der Waals surface area contributed by atoms with Gasteiger partial charge in [-0.3, -0.25) is 0 Å². The molecule has 1 amide bonds. The van der Waals surface area contributed by atoms with Crippen molar-refractivity contribution in [2.45, 2.75) is 52.7 Å². The monoisotopic (exact) mass is 379 g/mol. The van der Waals surface area contributed by atoms with E-state index < -0.39 is 5.60 Å². The lowest BCUT2D eigenvalue weighted by molar-refractivity contribution is 0.0220. The summed E-state index contributed by atoms with van der Waals surface area (Å²) in [4.78, 5) is 23.0. The standard InChI is InChI=1S/C21H25N5O2/c1-14-11-17(6-5-15(14)7-9-22)24-19-23-12-16-8-10-26(13-18(16)25-19)20(27)28-21(2,3)4/h5-6,11-12H,7-8,10,13H2,1-4H3,(H,23,24,25). The van der Waals surface area contributed by atoms with Crippen LogP contribution < -0.4 is 5.32 Å². The summed E-state index contributed by atoms with van der Waals surface area (Å²) in [5.74, 6) is 0.484. The molecule has 0 saturated carbocycles. The van der Waals surface area contributed by atoms with Crippen molar-refractivity contribution in [2.75, 3.05) is 11.9 Å². The van der Waals surface area contributed by atoms with Crippen molar-refractivity contribution >= 4 is 17.7 Å². The zero-order valence-electron chi connectivity index (χ0n) is 16.7. The van der Waals surface area contributed by atoms with Crippen LogP contribution >= 0.6 is 0 Å². The maximum Gasteiger partial charge on any atom is 0.410 e. The summed E-state index contributed by atoms with van der Waals surface area (Å²) in [6, 6.07) is 7.99. The molecule has 1 aliphatic rings. The highest BCUT2D eigenvalue weighted by Gasteiger charge is 2.26. The number of nitriles is 1. The molecule has 2 heterocycles. The Kier molecular flexibility index (Phi) is 5.50. The van der Waals surface area contributed by atoms with Gasteiger partial charge >= 0.3 is 6.09 Å². The molecular weight excluding hydrogens is 354 g/mol. The van der Waals surface area contributed by atoms with Gasteiger partial charge < -0.3 is 15.0 Å². The van der Waals surface area contributed by atoms with Crippen molar-refractivity contribution in [3.05, 3.63) is 46.8 Å². The third kappa shape index (κ3) is 4.77. The van der Waals surface area contributed by atoms with Gasteiger partial charge in [0.2, 0.25) is 5.95 Å². The number of rotatable bonds is 3. The molecule has 28 heavy (non-hydrogen) atoms. The van der Waals surface area contributed by atoms with Gasteiger partial charge in [0, 0.05) is 18.4 Å². The lowest BCUT2D eigenvalue weighted by atomic mass is 10.1. The van der Waals surface area contributed by atoms with Crippen LogP contribution in [0.3, 0.4) is 0 Å². The van der Waals surface area contributed by atoms with Crippen molar-refractivity contribution in [2.24, 2.45) is 0 Å². The van der Waals surface area contributed by atoms with Crippen LogP contribution in [0, 0.1) is 18.3 Å². The Morgan fingerprint density at radius 3 is 2.86 bits per heavy atom. The number of hydrogen-bond acceptors (Lipinski definition) is 6. The molecule has 0 spiro atoms. The Morgan fingerprint density at radius 2 is 2.18 bits per heavy atom. The van der Waals surface area contributed by atoms with Crippen LogP contribution in [-0.2, 0) is 24.1 Å². The van der Waals surface area contributed by atoms with Crippen molar-refractivity contribution in [1.29, 1.82) is 5.26 Å². The molecule has 1 aromatic heterocycles. The second-order valence-electron chi connectivity index (χ2n) is 7.92. The second-order valence-corrected chi connectivity index (χ2v) is 7.92. The first-order valence-corrected chi connectivity index (χ1v) is 9.31. The van der Waals surface area contributed by atoms with E-state index >= 15 is 0 Å². The van der Waals surface area contributed by atoms with Crippen LogP contribution in [0.1, 0.15) is 43.2 Å². The fourth-order valence-electron chi connectivity index (χ4n) is 3.03. The van der Waals surface area contributed by atoms with E-state index in [4.69, 9.17) is 10.00 Å². The van der Waals surface area contributed by atoms with Crippen LogP contribution in [0.25, 0.3) is 0 Å². The van der Waals surface area contributed by atoms with E-state index in [1.807, 2.05) is 52.1 Å². The second kappa shape index (κ2) is 7.85. The summed E-state index contributed by atoms with van der Waals surface area (Å²) in [6.07, 6.45) is 2.59. The Bertz CT molecular complexity index is 927. The molecule has 0 fully saturated rings. The van der Waals surface area contributed by atoms with Gasteiger partial charge in [-0.1, -0.05) is 6.07 Å². The zero-order chi connectivity index (χ0) is 20.3. The Balaban J connectivity index is 1.73. The number of carbonyl (C=O) groups is 1. The predicted molar refractivity (Wildman–Crippen MR) is 106 cm³/mol. The number of amides is 1. The SMILES string of the molecule is Cc1cc(Nc2ncc3c(n2)CN(C(=O)OC(C)(C)C)CC3)ccc1CC#N. The van der Waals surface area contributed by atoms with E-state index in [-0.39, 0.29) is 6.09 Å². The van der Waals surface area contributed by atoms with Gasteiger partial charge in [0.25, 0.3) is 0 Å². The summed E-state index contributed by atoms with van der Waals surface area (Å²) >= 11 is 0. The Morgan fingerprint density at radius 1 is 1.39 bits per heavy atom. The fraction of sp³-hybridized carbons (Fsp3) is 0.429. The first kappa shape index (κ1) is 19.6. The van der Waals surface area contributed by atoms with E-state index in [2.05, 4.69) is 21.4 Å². The van der Waals surface area contributed by atoms with Crippen LogP contribution in [0.2, 0.25) is 0 Å². The quantitative estimate of drug-likeness (QED) is 0.870. The molecule has 1 aliphatic heterocycles. The van der Waals surface area contributed by atoms with Crippen molar-refractivity contribution < 1.29 is 9.53 Å². The minimum atomic E-state index is -0.523. The number of nitrogens with one attached hydrogen (secondary N) is 1. The molecule has 2 aromatic rings. The third-order valence-corrected chi connectivity index (χ3v) is 4.47. The Labute approximate surface area is 165 Å². The maximum absolute atomic E-state index is 12.3. The van der Waals surface area contributed by atoms with Crippen molar-refractivity contribution in [3.63, 3.8) is 0 Å². The van der Waals surface area contributed by atoms with E-state index in [0.29, 0.717) is 31.9 Å². The average Bonchev–Trinajstić information content (AvgIpc) is 2.62. The molecule has 0 bridgehead atoms. The number of fused-ring (bicyclic) bond motifs is 1. The minimum Gasteiger partial charge on any atom is -0.444 e. The van der Waals surface area contributed by atoms with Gasteiger partial charge in [0.15, 0.2) is 0 Å². The lowest BCUT2D eigenvalue weighted by Crippen LogP contribution is -2.40. The summed E-state index contributed by atoms with van der Waals surface area (Å²) < 4.78 is 5.47. The molecule has 0 radical (unpaired) electrons. The number of nitrogens with zero attached hydrogens (tertiary/aromatic N) is 4. The van der Waals surface area contributed by atoms with E-state index in [1.54, 1.807) is 4.90 Å². The number of carbonyl (C=O) groups excluding carboxylic acids is 1. The van der Waals surface area contributed by atoms with Crippen LogP contribution in [0.15, 0.2) is 24.4 Å². The molecule has 146 valence electrons. The van der Waals surface area contributed by atoms with E-state index in [1.165, 1.54) is 0 Å². The highest BCUT2D eigenvalue weighted by Crippen LogP contribution is 2.22. The highest BCUT2D eigenvalue weighted by molar-refractivity contribution is 5.68. The summed E-state index contributed by atoms with van der Waals surface area (Å²) in [5.41, 5.74) is 4.26. The van der Waals surface area contributed by atoms with Crippen LogP contribution in [0.4, 0.5) is 16.4 Å². The Hall–Kier alpha value is -3.14. The largest absolute Gasteiger partial charge is 0.444 e. The fourth-order valence-corrected chi connectivity index (χ4v) is 3.03. The molecule has 0 aliphatic carbocycles.